The highest BCUT2D eigenvalue weighted by atomic mass is 19.4. The number of carbonyl (C=O) groups is 3. The standard InChI is InChI=1S/C15H21F3N2O4/c1-8(2)10(19-12(22)15(16,17)18)11(21)20-6-9-4-3-5-14(9,7-20)13(23)24/h8-10H,3-7H2,1-2H3,(H,19,22)(H,23,24)/t9-,10-,14+/m0/s1. The number of aliphatic carboxylic acids is 1. The second-order valence-electron chi connectivity index (χ2n) is 6.96. The van der Waals surface area contributed by atoms with Crippen LogP contribution in [0.3, 0.4) is 0 Å². The highest BCUT2D eigenvalue weighted by molar-refractivity contribution is 5.91. The van der Waals surface area contributed by atoms with Gasteiger partial charge >= 0.3 is 18.1 Å². The number of nitrogens with zero attached hydrogens (tertiary/aromatic N) is 1. The molecule has 0 spiro atoms. The summed E-state index contributed by atoms with van der Waals surface area (Å²) < 4.78 is 37.4. The normalized spacial score (nSPS) is 27.9. The van der Waals surface area contributed by atoms with Crippen LogP contribution in [-0.2, 0) is 14.4 Å². The van der Waals surface area contributed by atoms with Crippen LogP contribution in [0.5, 0.6) is 0 Å². The topological polar surface area (TPSA) is 86.7 Å². The van der Waals surface area contributed by atoms with Gasteiger partial charge in [-0.25, -0.2) is 0 Å². The molecule has 2 amide bonds. The molecule has 136 valence electrons. The zero-order chi connectivity index (χ0) is 18.3. The minimum absolute atomic E-state index is 0.0169. The van der Waals surface area contributed by atoms with Crippen LogP contribution < -0.4 is 5.32 Å². The SMILES string of the molecule is CC(C)[C@H](NC(=O)C(F)(F)F)C(=O)N1C[C@@H]2CCC[C@@]2(C(=O)O)C1. The fraction of sp³-hybridized carbons (Fsp3) is 0.800. The van der Waals surface area contributed by atoms with Crippen molar-refractivity contribution in [2.45, 2.75) is 45.3 Å². The van der Waals surface area contributed by atoms with Crippen molar-refractivity contribution in [3.63, 3.8) is 0 Å². The Balaban J connectivity index is 2.14. The Morgan fingerprint density at radius 2 is 1.92 bits per heavy atom. The predicted molar refractivity (Wildman–Crippen MR) is 76.8 cm³/mol. The number of hydrogen-bond acceptors (Lipinski definition) is 3. The fourth-order valence-corrected chi connectivity index (χ4v) is 3.74. The van der Waals surface area contributed by atoms with E-state index in [0.29, 0.717) is 12.8 Å². The Kier molecular flexibility index (Phi) is 4.83. The third-order valence-corrected chi connectivity index (χ3v) is 5.09. The molecule has 9 heteroatoms. The number of fused-ring (bicyclic) bond motifs is 1. The van der Waals surface area contributed by atoms with E-state index in [1.165, 1.54) is 18.7 Å². The first kappa shape index (κ1) is 18.5. The zero-order valence-electron chi connectivity index (χ0n) is 13.5. The Labute approximate surface area is 137 Å². The maximum atomic E-state index is 12.6. The van der Waals surface area contributed by atoms with Crippen molar-refractivity contribution >= 4 is 17.8 Å². The van der Waals surface area contributed by atoms with Crippen LogP contribution in [-0.4, -0.2) is 53.1 Å². The smallest absolute Gasteiger partial charge is 0.471 e. The van der Waals surface area contributed by atoms with E-state index < -0.39 is 41.3 Å². The average Bonchev–Trinajstić information content (AvgIpc) is 2.99. The number of halogens is 3. The molecule has 0 unspecified atom stereocenters. The number of likely N-dealkylation sites (tertiary alicyclic amines) is 1. The van der Waals surface area contributed by atoms with Crippen molar-refractivity contribution in [1.82, 2.24) is 10.2 Å². The summed E-state index contributed by atoms with van der Waals surface area (Å²) in [5.41, 5.74) is -1.01. The summed E-state index contributed by atoms with van der Waals surface area (Å²) >= 11 is 0. The van der Waals surface area contributed by atoms with E-state index in [1.54, 1.807) is 5.32 Å². The molecule has 0 bridgehead atoms. The van der Waals surface area contributed by atoms with Gasteiger partial charge in [-0.1, -0.05) is 20.3 Å². The molecule has 0 aromatic rings. The first-order valence-corrected chi connectivity index (χ1v) is 7.89. The van der Waals surface area contributed by atoms with Crippen molar-refractivity contribution in [2.24, 2.45) is 17.3 Å². The predicted octanol–water partition coefficient (Wildman–Crippen LogP) is 1.40. The summed E-state index contributed by atoms with van der Waals surface area (Å²) in [4.78, 5) is 36.7. The fourth-order valence-electron chi connectivity index (χ4n) is 3.74. The maximum Gasteiger partial charge on any atom is 0.471 e. The molecular weight excluding hydrogens is 329 g/mol. The number of carboxylic acid groups (broad SMARTS) is 1. The molecule has 24 heavy (non-hydrogen) atoms. The number of rotatable bonds is 4. The highest BCUT2D eigenvalue weighted by Crippen LogP contribution is 2.49. The van der Waals surface area contributed by atoms with E-state index in [4.69, 9.17) is 0 Å². The molecule has 1 aliphatic carbocycles. The van der Waals surface area contributed by atoms with Crippen LogP contribution in [0.4, 0.5) is 13.2 Å². The molecule has 6 nitrogen and oxygen atoms in total. The lowest BCUT2D eigenvalue weighted by molar-refractivity contribution is -0.175. The summed E-state index contributed by atoms with van der Waals surface area (Å²) in [5, 5.41) is 11.3. The minimum atomic E-state index is -5.07. The van der Waals surface area contributed by atoms with E-state index in [-0.39, 0.29) is 19.0 Å². The zero-order valence-corrected chi connectivity index (χ0v) is 13.5. The van der Waals surface area contributed by atoms with Gasteiger partial charge in [-0.3, -0.25) is 14.4 Å². The molecule has 2 fully saturated rings. The summed E-state index contributed by atoms with van der Waals surface area (Å²) in [6.07, 6.45) is -3.18. The average molecular weight is 350 g/mol. The first-order valence-electron chi connectivity index (χ1n) is 7.89. The summed E-state index contributed by atoms with van der Waals surface area (Å²) in [6, 6.07) is -1.33. The van der Waals surface area contributed by atoms with Crippen molar-refractivity contribution < 1.29 is 32.7 Å². The largest absolute Gasteiger partial charge is 0.481 e. The second-order valence-corrected chi connectivity index (χ2v) is 6.96. The number of amides is 2. The van der Waals surface area contributed by atoms with Crippen LogP contribution >= 0.6 is 0 Å². The highest BCUT2D eigenvalue weighted by Gasteiger charge is 2.56. The summed E-state index contributed by atoms with van der Waals surface area (Å²) in [5.74, 6) is -4.53. The molecule has 1 heterocycles. The Bertz CT molecular complexity index is 549. The molecule has 2 rings (SSSR count). The summed E-state index contributed by atoms with van der Waals surface area (Å²) in [6.45, 7) is 3.25. The van der Waals surface area contributed by atoms with Gasteiger partial charge < -0.3 is 15.3 Å². The Hall–Kier alpha value is -1.80. The molecule has 2 N–H and O–H groups in total. The molecule has 1 saturated carbocycles. The van der Waals surface area contributed by atoms with Gasteiger partial charge in [-0.05, 0) is 24.7 Å². The second kappa shape index (κ2) is 6.25. The molecule has 0 aromatic heterocycles. The van der Waals surface area contributed by atoms with Gasteiger partial charge in [0.1, 0.15) is 6.04 Å². The van der Waals surface area contributed by atoms with Gasteiger partial charge in [-0.2, -0.15) is 13.2 Å². The molecular formula is C15H21F3N2O4. The lowest BCUT2D eigenvalue weighted by Crippen LogP contribution is -2.54. The van der Waals surface area contributed by atoms with Crippen molar-refractivity contribution in [1.29, 1.82) is 0 Å². The van der Waals surface area contributed by atoms with E-state index in [1.807, 2.05) is 0 Å². The molecule has 1 aliphatic heterocycles. The summed E-state index contributed by atoms with van der Waals surface area (Å²) in [7, 11) is 0. The molecule has 0 radical (unpaired) electrons. The van der Waals surface area contributed by atoms with Crippen LogP contribution in [0.15, 0.2) is 0 Å². The van der Waals surface area contributed by atoms with Crippen molar-refractivity contribution in [3.05, 3.63) is 0 Å². The van der Waals surface area contributed by atoms with Crippen LogP contribution in [0.2, 0.25) is 0 Å². The van der Waals surface area contributed by atoms with E-state index in [2.05, 4.69) is 0 Å². The van der Waals surface area contributed by atoms with E-state index in [0.717, 1.165) is 6.42 Å². The van der Waals surface area contributed by atoms with Gasteiger partial charge in [0.05, 0.1) is 5.41 Å². The van der Waals surface area contributed by atoms with E-state index in [9.17, 15) is 32.7 Å². The van der Waals surface area contributed by atoms with Gasteiger partial charge in [0.15, 0.2) is 0 Å². The Morgan fingerprint density at radius 1 is 1.29 bits per heavy atom. The number of nitrogens with one attached hydrogen (secondary N) is 1. The molecule has 3 atom stereocenters. The molecule has 0 aromatic carbocycles. The molecule has 1 saturated heterocycles. The lowest BCUT2D eigenvalue weighted by Gasteiger charge is -2.28. The number of carboxylic acids is 1. The van der Waals surface area contributed by atoms with Gasteiger partial charge in [0.2, 0.25) is 5.91 Å². The van der Waals surface area contributed by atoms with Gasteiger partial charge in [0, 0.05) is 13.1 Å². The molecule has 2 aliphatic rings. The quantitative estimate of drug-likeness (QED) is 0.802. The van der Waals surface area contributed by atoms with Crippen LogP contribution in [0.25, 0.3) is 0 Å². The van der Waals surface area contributed by atoms with E-state index >= 15 is 0 Å². The Morgan fingerprint density at radius 3 is 2.38 bits per heavy atom. The number of alkyl halides is 3. The van der Waals surface area contributed by atoms with Crippen molar-refractivity contribution in [2.75, 3.05) is 13.1 Å². The van der Waals surface area contributed by atoms with Gasteiger partial charge in [-0.15, -0.1) is 0 Å². The monoisotopic (exact) mass is 350 g/mol. The third-order valence-electron chi connectivity index (χ3n) is 5.09. The number of hydrogen-bond donors (Lipinski definition) is 2. The first-order chi connectivity index (χ1) is 11.0. The van der Waals surface area contributed by atoms with Crippen LogP contribution in [0.1, 0.15) is 33.1 Å². The van der Waals surface area contributed by atoms with Crippen LogP contribution in [0, 0.1) is 17.3 Å². The van der Waals surface area contributed by atoms with Crippen molar-refractivity contribution in [3.8, 4) is 0 Å². The number of carbonyl (C=O) groups excluding carboxylic acids is 2. The lowest BCUT2D eigenvalue weighted by atomic mass is 9.81. The van der Waals surface area contributed by atoms with Gasteiger partial charge in [0.25, 0.3) is 0 Å². The minimum Gasteiger partial charge on any atom is -0.481 e. The maximum absolute atomic E-state index is 12.6. The third kappa shape index (κ3) is 3.21.